The van der Waals surface area contributed by atoms with E-state index in [0.717, 1.165) is 28.6 Å². The lowest BCUT2D eigenvalue weighted by Gasteiger charge is -2.40. The standard InChI is InChI=1S/C34H47N5O6/c1-6-25-12-11-24-10-9-23(20-27(24)37-25)13-14-34(17-15-33(5,44)16-18-34)32(43)45-28(21(2)3)30(41)36-22(4)31(42)39-19-7-8-26(38-39)29(35)40/h9-14,20-22,26,28,38,44H,6-8,15-19H2,1-5H3,(H2,35,40)(H,36,41)/p-1/b14-13+/t22-,26?,28-,33?,34?/m0/s1. The summed E-state index contributed by atoms with van der Waals surface area (Å²) in [5.41, 5.74) is 3.53. The highest BCUT2D eigenvalue weighted by molar-refractivity contribution is 5.91. The molecule has 1 unspecified atom stereocenters. The summed E-state index contributed by atoms with van der Waals surface area (Å²) in [5, 5.41) is 34.5. The molecule has 0 spiro atoms. The number of nitrogens with zero attached hydrogens (tertiary/aromatic N) is 2. The van der Waals surface area contributed by atoms with E-state index in [4.69, 9.17) is 15.1 Å². The van der Waals surface area contributed by atoms with Gasteiger partial charge in [0.05, 0.1) is 22.6 Å². The second-order valence-corrected chi connectivity index (χ2v) is 13.1. The number of pyridine rings is 1. The maximum absolute atomic E-state index is 14.0. The number of hydrogen-bond acceptors (Lipinski definition) is 9. The summed E-state index contributed by atoms with van der Waals surface area (Å²) >= 11 is 0. The van der Waals surface area contributed by atoms with Gasteiger partial charge in [0.1, 0.15) is 6.04 Å². The average molecular weight is 621 g/mol. The lowest BCUT2D eigenvalue weighted by atomic mass is 9.68. The van der Waals surface area contributed by atoms with E-state index in [1.807, 2.05) is 42.5 Å². The lowest BCUT2D eigenvalue weighted by Crippen LogP contribution is -2.61. The number of hydrogen-bond donors (Lipinski definition) is 4. The third-order valence-corrected chi connectivity index (χ3v) is 8.95. The molecule has 2 fully saturated rings. The number of aryl methyl sites for hydroxylation is 1. The zero-order chi connectivity index (χ0) is 32.9. The SMILES string of the molecule is CCc1ccc2ccc(/C=C/C3(C(=O)O[C@H](C(=O)N[C@@H](C)C(=O)N4CCCC(C(=N)[O-])N4)C(C)C)CCC(C)(O)CC3)cc2n1. The van der Waals surface area contributed by atoms with Crippen LogP contribution in [0.25, 0.3) is 17.0 Å². The number of amides is 2. The Morgan fingerprint density at radius 1 is 1.20 bits per heavy atom. The Hall–Kier alpha value is -3.83. The van der Waals surface area contributed by atoms with Crippen molar-refractivity contribution in [3.63, 3.8) is 0 Å². The van der Waals surface area contributed by atoms with Crippen molar-refractivity contribution in [1.82, 2.24) is 20.7 Å². The van der Waals surface area contributed by atoms with Gasteiger partial charge in [-0.15, -0.1) is 0 Å². The molecule has 1 aromatic carbocycles. The summed E-state index contributed by atoms with van der Waals surface area (Å²) in [7, 11) is 0. The zero-order valence-corrected chi connectivity index (χ0v) is 26.9. The van der Waals surface area contributed by atoms with Crippen molar-refractivity contribution < 1.29 is 29.3 Å². The highest BCUT2D eigenvalue weighted by Crippen LogP contribution is 2.44. The number of benzene rings is 1. The molecule has 2 heterocycles. The van der Waals surface area contributed by atoms with E-state index in [9.17, 15) is 24.6 Å². The van der Waals surface area contributed by atoms with Crippen LogP contribution in [0.2, 0.25) is 0 Å². The van der Waals surface area contributed by atoms with Gasteiger partial charge in [0.2, 0.25) is 0 Å². The van der Waals surface area contributed by atoms with E-state index in [-0.39, 0.29) is 5.92 Å². The van der Waals surface area contributed by atoms with Gasteiger partial charge in [-0.05, 0) is 88.3 Å². The van der Waals surface area contributed by atoms with Crippen LogP contribution in [-0.4, -0.2) is 69.1 Å². The zero-order valence-electron chi connectivity index (χ0n) is 26.9. The van der Waals surface area contributed by atoms with E-state index in [1.165, 1.54) is 11.9 Å². The number of aliphatic hydroxyl groups is 1. The van der Waals surface area contributed by atoms with Crippen molar-refractivity contribution in [1.29, 1.82) is 5.41 Å². The van der Waals surface area contributed by atoms with Crippen LogP contribution in [0.4, 0.5) is 0 Å². The number of nitrogens with one attached hydrogen (secondary N) is 3. The van der Waals surface area contributed by atoms with E-state index in [0.29, 0.717) is 45.1 Å². The van der Waals surface area contributed by atoms with Gasteiger partial charge < -0.3 is 25.7 Å². The van der Waals surface area contributed by atoms with Gasteiger partial charge in [-0.2, -0.15) is 0 Å². The topological polar surface area (TPSA) is 168 Å². The first-order valence-corrected chi connectivity index (χ1v) is 15.9. The van der Waals surface area contributed by atoms with Crippen LogP contribution in [0.3, 0.4) is 0 Å². The van der Waals surface area contributed by atoms with Crippen molar-refractivity contribution in [3.8, 4) is 0 Å². The maximum atomic E-state index is 14.0. The monoisotopic (exact) mass is 620 g/mol. The van der Waals surface area contributed by atoms with Crippen LogP contribution in [0.15, 0.2) is 36.4 Å². The fourth-order valence-electron chi connectivity index (χ4n) is 5.86. The fraction of sp³-hybridized carbons (Fsp3) is 0.559. The smallest absolute Gasteiger partial charge is 0.316 e. The molecule has 4 rings (SSSR count). The molecule has 2 aliphatic rings. The van der Waals surface area contributed by atoms with Crippen molar-refractivity contribution in [2.24, 2.45) is 11.3 Å². The number of carbonyl (C=O) groups is 3. The lowest BCUT2D eigenvalue weighted by molar-refractivity contribution is -0.225. The highest BCUT2D eigenvalue weighted by atomic mass is 16.5. The first kappa shape index (κ1) is 34.1. The Bertz CT molecular complexity index is 1440. The number of aromatic nitrogens is 1. The molecule has 1 aliphatic carbocycles. The summed E-state index contributed by atoms with van der Waals surface area (Å²) in [6, 6.07) is 8.26. The summed E-state index contributed by atoms with van der Waals surface area (Å²) in [5.74, 6) is -2.79. The quantitative estimate of drug-likeness (QED) is 0.179. The first-order valence-electron chi connectivity index (χ1n) is 15.9. The van der Waals surface area contributed by atoms with Crippen molar-refractivity contribution >= 4 is 40.7 Å². The molecule has 4 N–H and O–H groups in total. The largest absolute Gasteiger partial charge is 0.861 e. The molecule has 45 heavy (non-hydrogen) atoms. The predicted molar refractivity (Wildman–Crippen MR) is 170 cm³/mol. The average Bonchev–Trinajstić information content (AvgIpc) is 3.02. The van der Waals surface area contributed by atoms with Crippen molar-refractivity contribution in [3.05, 3.63) is 47.7 Å². The van der Waals surface area contributed by atoms with Crippen LogP contribution in [0, 0.1) is 16.7 Å². The molecule has 3 atom stereocenters. The van der Waals surface area contributed by atoms with Gasteiger partial charge in [-0.3, -0.25) is 24.4 Å². The van der Waals surface area contributed by atoms with E-state index < -0.39 is 52.9 Å². The minimum atomic E-state index is -1.16. The molecule has 1 aliphatic heterocycles. The Morgan fingerprint density at radius 2 is 1.89 bits per heavy atom. The second-order valence-electron chi connectivity index (χ2n) is 13.1. The molecule has 11 nitrogen and oxygen atoms in total. The predicted octanol–water partition coefficient (Wildman–Crippen LogP) is 3.03. The molecular formula is C34H46N5O6-. The van der Waals surface area contributed by atoms with Crippen LogP contribution < -0.4 is 15.8 Å². The van der Waals surface area contributed by atoms with Gasteiger partial charge in [0.25, 0.3) is 11.8 Å². The third kappa shape index (κ3) is 8.26. The van der Waals surface area contributed by atoms with Gasteiger partial charge in [0, 0.05) is 17.6 Å². The van der Waals surface area contributed by atoms with E-state index >= 15 is 0 Å². The number of carbonyl (C=O) groups excluding carboxylic acids is 3. The van der Waals surface area contributed by atoms with Crippen molar-refractivity contribution in [2.75, 3.05) is 6.54 Å². The summed E-state index contributed by atoms with van der Waals surface area (Å²) in [4.78, 5) is 45.1. The third-order valence-electron chi connectivity index (χ3n) is 8.95. The number of rotatable bonds is 10. The number of esters is 1. The molecule has 244 valence electrons. The molecule has 0 bridgehead atoms. The van der Waals surface area contributed by atoms with Gasteiger partial charge in [0.15, 0.2) is 6.10 Å². The summed E-state index contributed by atoms with van der Waals surface area (Å²) in [6.45, 7) is 9.22. The molecule has 2 amide bonds. The van der Waals surface area contributed by atoms with Crippen LogP contribution in [0.5, 0.6) is 0 Å². The van der Waals surface area contributed by atoms with Gasteiger partial charge in [-0.25, -0.2) is 5.43 Å². The van der Waals surface area contributed by atoms with Gasteiger partial charge in [-0.1, -0.05) is 51.1 Å². The first-order chi connectivity index (χ1) is 21.2. The second kappa shape index (κ2) is 14.1. The molecule has 2 aromatic rings. The molecular weight excluding hydrogens is 574 g/mol. The van der Waals surface area contributed by atoms with E-state index in [1.54, 1.807) is 20.8 Å². The molecule has 11 heteroatoms. The Balaban J connectivity index is 1.51. The van der Waals surface area contributed by atoms with Crippen LogP contribution in [-0.2, 0) is 25.5 Å². The number of ether oxygens (including phenoxy) is 1. The molecule has 1 aromatic heterocycles. The highest BCUT2D eigenvalue weighted by Gasteiger charge is 2.46. The molecule has 0 radical (unpaired) electrons. The normalized spacial score (nSPS) is 25.2. The fourth-order valence-corrected chi connectivity index (χ4v) is 5.86. The minimum Gasteiger partial charge on any atom is -0.861 e. The molecule has 1 saturated carbocycles. The minimum absolute atomic E-state index is 0.344. The Kier molecular flexibility index (Phi) is 10.7. The summed E-state index contributed by atoms with van der Waals surface area (Å²) in [6.07, 6.45) is 5.87. The van der Waals surface area contributed by atoms with E-state index in [2.05, 4.69) is 17.7 Å². The van der Waals surface area contributed by atoms with Gasteiger partial charge >= 0.3 is 5.97 Å². The molecule has 1 saturated heterocycles. The van der Waals surface area contributed by atoms with Crippen LogP contribution in [0.1, 0.15) is 84.4 Å². The maximum Gasteiger partial charge on any atom is 0.316 e. The van der Waals surface area contributed by atoms with Crippen LogP contribution >= 0.6 is 0 Å². The van der Waals surface area contributed by atoms with Crippen molar-refractivity contribution in [2.45, 2.75) is 103 Å². The Morgan fingerprint density at radius 3 is 2.53 bits per heavy atom. The summed E-state index contributed by atoms with van der Waals surface area (Å²) < 4.78 is 5.94. The number of fused-ring (bicyclic) bond motifs is 1. The number of hydrazine groups is 1. The Labute approximate surface area is 264 Å².